The average molecular weight is 335 g/mol. The highest BCUT2D eigenvalue weighted by Crippen LogP contribution is 2.27. The van der Waals surface area contributed by atoms with Gasteiger partial charge in [0.05, 0.1) is 5.69 Å². The largest absolute Gasteiger partial charge is 0.322 e. The number of rotatable bonds is 4. The first-order chi connectivity index (χ1) is 12.1. The lowest BCUT2D eigenvalue weighted by Gasteiger charge is -2.28. The molecule has 0 aliphatic heterocycles. The Labute approximate surface area is 145 Å². The van der Waals surface area contributed by atoms with Crippen molar-refractivity contribution in [3.8, 4) is 0 Å². The third-order valence-electron chi connectivity index (χ3n) is 3.87. The van der Waals surface area contributed by atoms with Crippen molar-refractivity contribution in [3.05, 3.63) is 96.1 Å². The minimum Gasteiger partial charge on any atom is -0.315 e. The average Bonchev–Trinajstić information content (AvgIpc) is 2.64. The maximum Gasteiger partial charge on any atom is 0.322 e. The van der Waals surface area contributed by atoms with Crippen LogP contribution >= 0.6 is 0 Å². The fourth-order valence-corrected chi connectivity index (χ4v) is 2.66. The molecule has 3 rings (SSSR count). The molecule has 0 spiro atoms. The summed E-state index contributed by atoms with van der Waals surface area (Å²) in [6.07, 6.45) is 1.66. The number of pyridine rings is 1. The van der Waals surface area contributed by atoms with Gasteiger partial charge in [-0.1, -0.05) is 36.4 Å². The van der Waals surface area contributed by atoms with Gasteiger partial charge in [-0.2, -0.15) is 0 Å². The molecule has 3 aromatic rings. The lowest BCUT2D eigenvalue weighted by Crippen LogP contribution is -2.35. The number of para-hydroxylation sites is 1. The molecule has 0 fully saturated rings. The van der Waals surface area contributed by atoms with Crippen LogP contribution in [0.15, 0.2) is 79.0 Å². The van der Waals surface area contributed by atoms with Gasteiger partial charge in [0, 0.05) is 18.9 Å². The predicted octanol–water partition coefficient (Wildman–Crippen LogP) is 4.47. The zero-order chi connectivity index (χ0) is 17.6. The second-order valence-corrected chi connectivity index (χ2v) is 5.62. The monoisotopic (exact) mass is 335 g/mol. The number of carbonyl (C=O) groups excluding carboxylic acids is 1. The Bertz CT molecular complexity index is 840. The Balaban J connectivity index is 1.92. The number of hydrogen-bond acceptors (Lipinski definition) is 2. The van der Waals surface area contributed by atoms with Crippen molar-refractivity contribution < 1.29 is 9.18 Å². The van der Waals surface area contributed by atoms with Crippen molar-refractivity contribution in [1.82, 2.24) is 9.88 Å². The normalized spacial score (nSPS) is 11.6. The maximum absolute atomic E-state index is 13.7. The van der Waals surface area contributed by atoms with E-state index in [-0.39, 0.29) is 11.8 Å². The van der Waals surface area contributed by atoms with E-state index in [1.165, 1.54) is 17.0 Å². The van der Waals surface area contributed by atoms with E-state index >= 15 is 0 Å². The van der Waals surface area contributed by atoms with Crippen molar-refractivity contribution in [1.29, 1.82) is 0 Å². The molecule has 1 N–H and O–H groups in total. The summed E-state index contributed by atoms with van der Waals surface area (Å²) in [6, 6.07) is 20.1. The summed E-state index contributed by atoms with van der Waals surface area (Å²) in [6.45, 7) is 0. The van der Waals surface area contributed by atoms with Crippen LogP contribution in [-0.2, 0) is 0 Å². The van der Waals surface area contributed by atoms with E-state index in [4.69, 9.17) is 0 Å². The molecule has 0 unspecified atom stereocenters. The Kier molecular flexibility index (Phi) is 5.04. The number of aromatic nitrogens is 1. The molecular weight excluding hydrogens is 317 g/mol. The SMILES string of the molecule is CN(C(=O)Nc1ccccc1)[C@@H](c1cccc(F)c1)c1ccccn1. The van der Waals surface area contributed by atoms with Gasteiger partial charge >= 0.3 is 6.03 Å². The summed E-state index contributed by atoms with van der Waals surface area (Å²) in [5.74, 6) is -0.352. The standard InChI is InChI=1S/C20H18FN3O/c1-24(20(25)23-17-10-3-2-4-11-17)19(18-12-5-6-13-22-18)15-8-7-9-16(21)14-15/h2-14,19H,1H3,(H,23,25)/t19-/m0/s1. The lowest BCUT2D eigenvalue weighted by atomic mass is 10.0. The molecular formula is C20H18FN3O. The van der Waals surface area contributed by atoms with Crippen LogP contribution in [-0.4, -0.2) is 23.0 Å². The van der Waals surface area contributed by atoms with Gasteiger partial charge in [0.15, 0.2) is 0 Å². The van der Waals surface area contributed by atoms with Gasteiger partial charge in [-0.3, -0.25) is 4.98 Å². The highest BCUT2D eigenvalue weighted by molar-refractivity contribution is 5.89. The minimum atomic E-state index is -0.499. The molecule has 0 bridgehead atoms. The summed E-state index contributed by atoms with van der Waals surface area (Å²) < 4.78 is 13.7. The number of urea groups is 1. The molecule has 1 atom stereocenters. The number of amides is 2. The van der Waals surface area contributed by atoms with E-state index in [0.29, 0.717) is 16.9 Å². The van der Waals surface area contributed by atoms with E-state index < -0.39 is 6.04 Å². The van der Waals surface area contributed by atoms with Crippen LogP contribution in [0.25, 0.3) is 0 Å². The predicted molar refractivity (Wildman–Crippen MR) is 95.7 cm³/mol. The number of benzene rings is 2. The van der Waals surface area contributed by atoms with Crippen molar-refractivity contribution in [3.63, 3.8) is 0 Å². The second-order valence-electron chi connectivity index (χ2n) is 5.62. The van der Waals surface area contributed by atoms with Crippen LogP contribution in [0, 0.1) is 5.82 Å². The summed E-state index contributed by atoms with van der Waals surface area (Å²) in [5, 5.41) is 2.84. The summed E-state index contributed by atoms with van der Waals surface area (Å²) >= 11 is 0. The van der Waals surface area contributed by atoms with E-state index in [1.54, 1.807) is 31.4 Å². The minimum absolute atomic E-state index is 0.300. The third kappa shape index (κ3) is 4.01. The first-order valence-corrected chi connectivity index (χ1v) is 7.90. The number of anilines is 1. The molecule has 0 aliphatic rings. The number of nitrogens with one attached hydrogen (secondary N) is 1. The molecule has 1 aromatic heterocycles. The van der Waals surface area contributed by atoms with Crippen LogP contribution < -0.4 is 5.32 Å². The molecule has 4 nitrogen and oxygen atoms in total. The van der Waals surface area contributed by atoms with Gasteiger partial charge in [0.1, 0.15) is 11.9 Å². The number of carbonyl (C=O) groups is 1. The molecule has 2 aromatic carbocycles. The van der Waals surface area contributed by atoms with Crippen LogP contribution in [0.2, 0.25) is 0 Å². The van der Waals surface area contributed by atoms with Crippen molar-refractivity contribution >= 4 is 11.7 Å². The Morgan fingerprint density at radius 3 is 2.48 bits per heavy atom. The highest BCUT2D eigenvalue weighted by atomic mass is 19.1. The Morgan fingerprint density at radius 1 is 1.04 bits per heavy atom. The van der Waals surface area contributed by atoms with E-state index in [0.717, 1.165) is 0 Å². The second kappa shape index (κ2) is 7.57. The summed E-state index contributed by atoms with van der Waals surface area (Å²) in [4.78, 5) is 18.5. The molecule has 1 heterocycles. The zero-order valence-electron chi connectivity index (χ0n) is 13.8. The summed E-state index contributed by atoms with van der Waals surface area (Å²) in [7, 11) is 1.67. The van der Waals surface area contributed by atoms with Gasteiger partial charge in [-0.15, -0.1) is 0 Å². The van der Waals surface area contributed by atoms with E-state index in [2.05, 4.69) is 10.3 Å². The van der Waals surface area contributed by atoms with Gasteiger partial charge in [-0.05, 0) is 42.0 Å². The zero-order valence-corrected chi connectivity index (χ0v) is 13.8. The first kappa shape index (κ1) is 16.6. The van der Waals surface area contributed by atoms with Crippen LogP contribution in [0.1, 0.15) is 17.3 Å². The smallest absolute Gasteiger partial charge is 0.315 e. The third-order valence-corrected chi connectivity index (χ3v) is 3.87. The molecule has 5 heteroatoms. The molecule has 25 heavy (non-hydrogen) atoms. The van der Waals surface area contributed by atoms with Gasteiger partial charge in [-0.25, -0.2) is 9.18 Å². The molecule has 0 aliphatic carbocycles. The van der Waals surface area contributed by atoms with E-state index in [9.17, 15) is 9.18 Å². The highest BCUT2D eigenvalue weighted by Gasteiger charge is 2.25. The Hall–Kier alpha value is -3.21. The van der Waals surface area contributed by atoms with E-state index in [1.807, 2.05) is 42.5 Å². The molecule has 0 saturated heterocycles. The molecule has 0 saturated carbocycles. The Morgan fingerprint density at radius 2 is 1.80 bits per heavy atom. The van der Waals surface area contributed by atoms with Crippen LogP contribution in [0.4, 0.5) is 14.9 Å². The molecule has 126 valence electrons. The summed E-state index contributed by atoms with van der Waals surface area (Å²) in [5.41, 5.74) is 2.02. The maximum atomic E-state index is 13.7. The van der Waals surface area contributed by atoms with Gasteiger partial charge in [0.25, 0.3) is 0 Å². The number of nitrogens with zero attached hydrogens (tertiary/aromatic N) is 2. The van der Waals surface area contributed by atoms with Crippen molar-refractivity contribution in [2.45, 2.75) is 6.04 Å². The van der Waals surface area contributed by atoms with Crippen molar-refractivity contribution in [2.75, 3.05) is 12.4 Å². The van der Waals surface area contributed by atoms with Crippen LogP contribution in [0.5, 0.6) is 0 Å². The lowest BCUT2D eigenvalue weighted by molar-refractivity contribution is 0.211. The fourth-order valence-electron chi connectivity index (χ4n) is 2.66. The first-order valence-electron chi connectivity index (χ1n) is 7.90. The van der Waals surface area contributed by atoms with Gasteiger partial charge in [0.2, 0.25) is 0 Å². The number of halogens is 1. The van der Waals surface area contributed by atoms with Gasteiger partial charge < -0.3 is 10.2 Å². The van der Waals surface area contributed by atoms with Crippen molar-refractivity contribution in [2.24, 2.45) is 0 Å². The topological polar surface area (TPSA) is 45.2 Å². The molecule has 2 amide bonds. The quantitative estimate of drug-likeness (QED) is 0.764. The molecule has 0 radical (unpaired) electrons. The van der Waals surface area contributed by atoms with Crippen LogP contribution in [0.3, 0.4) is 0 Å². The number of hydrogen-bond donors (Lipinski definition) is 1. The fraction of sp³-hybridized carbons (Fsp3) is 0.100.